The molecule has 2 aromatic rings. The smallest absolute Gasteiger partial charge is 0.243 e. The van der Waals surface area contributed by atoms with Crippen LogP contribution < -0.4 is 10.1 Å². The number of ether oxygens (including phenoxy) is 1. The third-order valence-corrected chi connectivity index (χ3v) is 6.57. The average Bonchev–Trinajstić information content (AvgIpc) is 2.69. The van der Waals surface area contributed by atoms with Crippen molar-refractivity contribution in [3.63, 3.8) is 0 Å². The van der Waals surface area contributed by atoms with Gasteiger partial charge in [-0.2, -0.15) is 4.31 Å². The van der Waals surface area contributed by atoms with Crippen molar-refractivity contribution in [2.75, 3.05) is 25.5 Å². The first-order valence-electron chi connectivity index (χ1n) is 8.64. The molecule has 1 aliphatic rings. The number of aliphatic hydroxyl groups is 1. The van der Waals surface area contributed by atoms with Gasteiger partial charge in [0.25, 0.3) is 0 Å². The number of sulfonamides is 1. The van der Waals surface area contributed by atoms with Crippen LogP contribution in [-0.2, 0) is 16.6 Å². The Hall–Kier alpha value is -2.09. The minimum atomic E-state index is -3.52. The monoisotopic (exact) mass is 376 g/mol. The molecule has 0 aliphatic carbocycles. The van der Waals surface area contributed by atoms with E-state index in [0.29, 0.717) is 31.7 Å². The van der Waals surface area contributed by atoms with Gasteiger partial charge in [0.15, 0.2) is 0 Å². The lowest BCUT2D eigenvalue weighted by atomic mass is 10.1. The number of benzene rings is 2. The molecule has 2 N–H and O–H groups in total. The number of rotatable bonds is 6. The summed E-state index contributed by atoms with van der Waals surface area (Å²) in [7, 11) is -2.00. The predicted octanol–water partition coefficient (Wildman–Crippen LogP) is 2.45. The van der Waals surface area contributed by atoms with Gasteiger partial charge < -0.3 is 15.2 Å². The van der Waals surface area contributed by atoms with Gasteiger partial charge >= 0.3 is 0 Å². The second-order valence-electron chi connectivity index (χ2n) is 6.32. The Balaban J connectivity index is 1.66. The highest BCUT2D eigenvalue weighted by molar-refractivity contribution is 7.89. The van der Waals surface area contributed by atoms with E-state index in [1.165, 1.54) is 11.4 Å². The SMILES string of the molecule is COc1cccc(S(=O)(=O)N2CCC(Nc3ccccc3CO)CC2)c1. The van der Waals surface area contributed by atoms with Crippen molar-refractivity contribution in [2.24, 2.45) is 0 Å². The van der Waals surface area contributed by atoms with Gasteiger partial charge in [0, 0.05) is 36.4 Å². The first-order chi connectivity index (χ1) is 12.5. The number of aliphatic hydroxyl groups excluding tert-OH is 1. The maximum atomic E-state index is 12.8. The molecule has 0 saturated carbocycles. The second kappa shape index (κ2) is 8.07. The largest absolute Gasteiger partial charge is 0.497 e. The molecule has 140 valence electrons. The van der Waals surface area contributed by atoms with Crippen molar-refractivity contribution < 1.29 is 18.3 Å². The van der Waals surface area contributed by atoms with E-state index in [0.717, 1.165) is 11.3 Å². The molecule has 0 radical (unpaired) electrons. The van der Waals surface area contributed by atoms with Crippen molar-refractivity contribution in [1.29, 1.82) is 0 Å². The molecular weight excluding hydrogens is 352 g/mol. The summed E-state index contributed by atoms with van der Waals surface area (Å²) >= 11 is 0. The fourth-order valence-corrected chi connectivity index (χ4v) is 4.68. The standard InChI is InChI=1S/C19H24N2O4S/c1-25-17-6-4-7-18(13-17)26(23,24)21-11-9-16(10-12-21)20-19-8-3-2-5-15(19)14-22/h2-8,13,16,20,22H,9-12,14H2,1H3. The Morgan fingerprint density at radius 3 is 2.58 bits per heavy atom. The van der Waals surface area contributed by atoms with Crippen LogP contribution in [0.4, 0.5) is 5.69 Å². The number of nitrogens with zero attached hydrogens (tertiary/aromatic N) is 1. The third-order valence-electron chi connectivity index (χ3n) is 4.68. The first-order valence-corrected chi connectivity index (χ1v) is 10.1. The predicted molar refractivity (Wildman–Crippen MR) is 101 cm³/mol. The zero-order valence-corrected chi connectivity index (χ0v) is 15.6. The highest BCUT2D eigenvalue weighted by atomic mass is 32.2. The molecular formula is C19H24N2O4S. The number of anilines is 1. The molecule has 1 fully saturated rings. The molecule has 3 rings (SSSR count). The molecule has 0 spiro atoms. The molecule has 1 heterocycles. The van der Waals surface area contributed by atoms with Crippen molar-refractivity contribution in [3.05, 3.63) is 54.1 Å². The molecule has 0 atom stereocenters. The molecule has 26 heavy (non-hydrogen) atoms. The summed E-state index contributed by atoms with van der Waals surface area (Å²) in [6.07, 6.45) is 1.42. The molecule has 0 unspecified atom stereocenters. The van der Waals surface area contributed by atoms with E-state index in [1.807, 2.05) is 24.3 Å². The molecule has 1 saturated heterocycles. The quantitative estimate of drug-likeness (QED) is 0.810. The lowest BCUT2D eigenvalue weighted by molar-refractivity contribution is 0.282. The third kappa shape index (κ3) is 4.00. The van der Waals surface area contributed by atoms with Crippen LogP contribution in [-0.4, -0.2) is 44.1 Å². The van der Waals surface area contributed by atoms with Crippen molar-refractivity contribution in [2.45, 2.75) is 30.4 Å². The minimum Gasteiger partial charge on any atom is -0.497 e. The van der Waals surface area contributed by atoms with E-state index in [2.05, 4.69) is 5.32 Å². The molecule has 0 aromatic heterocycles. The van der Waals surface area contributed by atoms with Gasteiger partial charge in [-0.3, -0.25) is 0 Å². The van der Waals surface area contributed by atoms with Crippen LogP contribution in [0.3, 0.4) is 0 Å². The summed E-state index contributed by atoms with van der Waals surface area (Å²) in [5.74, 6) is 0.531. The van der Waals surface area contributed by atoms with Gasteiger partial charge in [-0.25, -0.2) is 8.42 Å². The van der Waals surface area contributed by atoms with E-state index >= 15 is 0 Å². The topological polar surface area (TPSA) is 78.9 Å². The highest BCUT2D eigenvalue weighted by Gasteiger charge is 2.29. The number of hydrogen-bond acceptors (Lipinski definition) is 5. The van der Waals surface area contributed by atoms with Crippen LogP contribution >= 0.6 is 0 Å². The summed E-state index contributed by atoms with van der Waals surface area (Å²) < 4.78 is 32.3. The summed E-state index contributed by atoms with van der Waals surface area (Å²) in [5.41, 5.74) is 1.75. The summed E-state index contributed by atoms with van der Waals surface area (Å²) in [6, 6.07) is 14.4. The minimum absolute atomic E-state index is 0.0216. The van der Waals surface area contributed by atoms with Crippen LogP contribution in [0.2, 0.25) is 0 Å². The van der Waals surface area contributed by atoms with Crippen molar-refractivity contribution in [1.82, 2.24) is 4.31 Å². The molecule has 0 amide bonds. The second-order valence-corrected chi connectivity index (χ2v) is 8.25. The van der Waals surface area contributed by atoms with E-state index in [1.54, 1.807) is 24.3 Å². The number of nitrogens with one attached hydrogen (secondary N) is 1. The molecule has 1 aliphatic heterocycles. The Morgan fingerprint density at radius 1 is 1.15 bits per heavy atom. The number of para-hydroxylation sites is 1. The maximum Gasteiger partial charge on any atom is 0.243 e. The lowest BCUT2D eigenvalue weighted by Crippen LogP contribution is -2.42. The summed E-state index contributed by atoms with van der Waals surface area (Å²) in [4.78, 5) is 0.258. The number of hydrogen-bond donors (Lipinski definition) is 2. The van der Waals surface area contributed by atoms with Crippen LogP contribution in [0.15, 0.2) is 53.4 Å². The van der Waals surface area contributed by atoms with E-state index in [4.69, 9.17) is 4.74 Å². The molecule has 0 bridgehead atoms. The fraction of sp³-hybridized carbons (Fsp3) is 0.368. The Labute approximate surface area is 154 Å². The maximum absolute atomic E-state index is 12.8. The zero-order chi connectivity index (χ0) is 18.6. The Morgan fingerprint density at radius 2 is 1.88 bits per heavy atom. The Kier molecular flexibility index (Phi) is 5.80. The summed E-state index contributed by atoms with van der Waals surface area (Å²) in [6.45, 7) is 0.892. The average molecular weight is 376 g/mol. The van der Waals surface area contributed by atoms with Gasteiger partial charge in [-0.15, -0.1) is 0 Å². The van der Waals surface area contributed by atoms with Gasteiger partial charge in [-0.1, -0.05) is 24.3 Å². The lowest BCUT2D eigenvalue weighted by Gasteiger charge is -2.32. The first kappa shape index (κ1) is 18.7. The van der Waals surface area contributed by atoms with E-state index in [9.17, 15) is 13.5 Å². The molecule has 2 aromatic carbocycles. The fourth-order valence-electron chi connectivity index (χ4n) is 3.17. The molecule has 7 heteroatoms. The van der Waals surface area contributed by atoms with Crippen LogP contribution in [0.5, 0.6) is 5.75 Å². The van der Waals surface area contributed by atoms with E-state index in [-0.39, 0.29) is 17.5 Å². The van der Waals surface area contributed by atoms with Crippen molar-refractivity contribution in [3.8, 4) is 5.75 Å². The van der Waals surface area contributed by atoms with Crippen LogP contribution in [0, 0.1) is 0 Å². The van der Waals surface area contributed by atoms with Gasteiger partial charge in [0.05, 0.1) is 18.6 Å². The van der Waals surface area contributed by atoms with E-state index < -0.39 is 10.0 Å². The van der Waals surface area contributed by atoms with Crippen LogP contribution in [0.1, 0.15) is 18.4 Å². The summed E-state index contributed by atoms with van der Waals surface area (Å²) in [5, 5.41) is 12.9. The number of methoxy groups -OCH3 is 1. The van der Waals surface area contributed by atoms with Gasteiger partial charge in [0.1, 0.15) is 5.75 Å². The number of piperidine rings is 1. The highest BCUT2D eigenvalue weighted by Crippen LogP contribution is 2.25. The van der Waals surface area contributed by atoms with Crippen molar-refractivity contribution >= 4 is 15.7 Å². The molecule has 6 nitrogen and oxygen atoms in total. The van der Waals surface area contributed by atoms with Gasteiger partial charge in [-0.05, 0) is 31.0 Å². The van der Waals surface area contributed by atoms with Crippen LogP contribution in [0.25, 0.3) is 0 Å². The van der Waals surface area contributed by atoms with Gasteiger partial charge in [0.2, 0.25) is 10.0 Å². The Bertz CT molecular complexity index is 846. The normalized spacial score (nSPS) is 16.4. The zero-order valence-electron chi connectivity index (χ0n) is 14.8.